The van der Waals surface area contributed by atoms with Gasteiger partial charge >= 0.3 is 0 Å². The Bertz CT molecular complexity index is 405. The van der Waals surface area contributed by atoms with Crippen LogP contribution in [-0.4, -0.2) is 38.0 Å². The summed E-state index contributed by atoms with van der Waals surface area (Å²) in [4.78, 5) is 24.4. The number of aldehydes is 1. The van der Waals surface area contributed by atoms with Gasteiger partial charge in [0.05, 0.1) is 23.1 Å². The summed E-state index contributed by atoms with van der Waals surface area (Å²) in [5, 5.41) is 0.884. The molecule has 0 bridgehead atoms. The van der Waals surface area contributed by atoms with Crippen molar-refractivity contribution in [2.45, 2.75) is 6.04 Å². The van der Waals surface area contributed by atoms with Crippen LogP contribution in [0.1, 0.15) is 9.67 Å². The maximum atomic E-state index is 11.3. The summed E-state index contributed by atoms with van der Waals surface area (Å²) in [6.45, 7) is 1.49. The van der Waals surface area contributed by atoms with Crippen molar-refractivity contribution in [1.29, 1.82) is 0 Å². The predicted molar refractivity (Wildman–Crippen MR) is 60.9 cm³/mol. The van der Waals surface area contributed by atoms with Gasteiger partial charge in [0, 0.05) is 6.54 Å². The maximum Gasteiger partial charge on any atom is 0.242 e. The minimum atomic E-state index is -0.438. The average Bonchev–Trinajstić information content (AvgIpc) is 2.77. The van der Waals surface area contributed by atoms with Crippen molar-refractivity contribution < 1.29 is 14.3 Å². The quantitative estimate of drug-likeness (QED) is 0.769. The average molecular weight is 240 g/mol. The molecule has 1 aromatic heterocycles. The third-order valence-electron chi connectivity index (χ3n) is 2.47. The van der Waals surface area contributed by atoms with Crippen LogP contribution in [0.15, 0.2) is 12.1 Å². The highest BCUT2D eigenvalue weighted by Gasteiger charge is 2.28. The molecule has 0 aliphatic carbocycles. The van der Waals surface area contributed by atoms with Crippen molar-refractivity contribution in [3.8, 4) is 0 Å². The third kappa shape index (κ3) is 2.07. The van der Waals surface area contributed by atoms with Crippen LogP contribution in [-0.2, 0) is 9.53 Å². The molecular formula is C10H12N2O3S. The van der Waals surface area contributed by atoms with Crippen LogP contribution in [0.25, 0.3) is 0 Å². The van der Waals surface area contributed by atoms with E-state index in [4.69, 9.17) is 10.5 Å². The number of amides is 1. The Morgan fingerprint density at radius 3 is 3.06 bits per heavy atom. The SMILES string of the molecule is NC(=O)C1COCCN1c1ccc(C=O)s1. The highest BCUT2D eigenvalue weighted by Crippen LogP contribution is 2.27. The minimum Gasteiger partial charge on any atom is -0.377 e. The lowest BCUT2D eigenvalue weighted by molar-refractivity contribution is -0.121. The molecule has 0 aromatic carbocycles. The summed E-state index contributed by atoms with van der Waals surface area (Å²) in [7, 11) is 0. The van der Waals surface area contributed by atoms with Crippen LogP contribution in [0, 0.1) is 0 Å². The number of morpholine rings is 1. The Balaban J connectivity index is 2.22. The van der Waals surface area contributed by atoms with Gasteiger partial charge in [-0.1, -0.05) is 0 Å². The molecule has 2 heterocycles. The number of carbonyl (C=O) groups excluding carboxylic acids is 2. The Morgan fingerprint density at radius 1 is 1.62 bits per heavy atom. The van der Waals surface area contributed by atoms with Gasteiger partial charge in [-0.2, -0.15) is 0 Å². The second-order valence-electron chi connectivity index (χ2n) is 3.48. The number of hydrogen-bond donors (Lipinski definition) is 1. The first kappa shape index (κ1) is 11.1. The molecule has 5 nitrogen and oxygen atoms in total. The molecule has 6 heteroatoms. The molecule has 86 valence electrons. The van der Waals surface area contributed by atoms with E-state index in [0.717, 1.165) is 11.3 Å². The first-order valence-corrected chi connectivity index (χ1v) is 5.72. The normalized spacial score (nSPS) is 20.8. The number of nitrogens with two attached hydrogens (primary N) is 1. The fourth-order valence-electron chi connectivity index (χ4n) is 1.66. The fourth-order valence-corrected chi connectivity index (χ4v) is 2.56. The van der Waals surface area contributed by atoms with Crippen LogP contribution in [0.2, 0.25) is 0 Å². The van der Waals surface area contributed by atoms with Crippen molar-refractivity contribution >= 4 is 28.5 Å². The van der Waals surface area contributed by atoms with Gasteiger partial charge in [0.2, 0.25) is 5.91 Å². The Morgan fingerprint density at radius 2 is 2.44 bits per heavy atom. The number of nitrogens with zero attached hydrogens (tertiary/aromatic N) is 1. The molecule has 0 saturated carbocycles. The number of hydrogen-bond acceptors (Lipinski definition) is 5. The van der Waals surface area contributed by atoms with E-state index in [1.165, 1.54) is 11.3 Å². The van der Waals surface area contributed by atoms with Crippen LogP contribution in [0.3, 0.4) is 0 Å². The fraction of sp³-hybridized carbons (Fsp3) is 0.400. The smallest absolute Gasteiger partial charge is 0.242 e. The van der Waals surface area contributed by atoms with Crippen LogP contribution in [0.4, 0.5) is 5.00 Å². The number of anilines is 1. The van der Waals surface area contributed by atoms with E-state index in [1.54, 1.807) is 6.07 Å². The molecule has 2 rings (SSSR count). The highest BCUT2D eigenvalue weighted by atomic mass is 32.1. The second kappa shape index (κ2) is 4.63. The summed E-state index contributed by atoms with van der Waals surface area (Å²) < 4.78 is 5.22. The summed E-state index contributed by atoms with van der Waals surface area (Å²) in [6.07, 6.45) is 0.799. The van der Waals surface area contributed by atoms with Gasteiger partial charge in [0.25, 0.3) is 0 Å². The zero-order valence-electron chi connectivity index (χ0n) is 8.59. The number of rotatable bonds is 3. The molecule has 1 unspecified atom stereocenters. The summed E-state index contributed by atoms with van der Waals surface area (Å²) in [6, 6.07) is 3.13. The van der Waals surface area contributed by atoms with Crippen LogP contribution < -0.4 is 10.6 Å². The van der Waals surface area contributed by atoms with E-state index in [1.807, 2.05) is 11.0 Å². The van der Waals surface area contributed by atoms with Gasteiger partial charge in [-0.3, -0.25) is 9.59 Å². The number of primary amides is 1. The molecule has 1 fully saturated rings. The van der Waals surface area contributed by atoms with Gasteiger partial charge in [-0.25, -0.2) is 0 Å². The predicted octanol–water partition coefficient (Wildman–Crippen LogP) is 0.251. The molecule has 2 N–H and O–H groups in total. The van der Waals surface area contributed by atoms with E-state index in [0.29, 0.717) is 24.6 Å². The van der Waals surface area contributed by atoms with Gasteiger partial charge < -0.3 is 15.4 Å². The van der Waals surface area contributed by atoms with E-state index in [9.17, 15) is 9.59 Å². The molecule has 1 aliphatic heterocycles. The molecule has 1 amide bonds. The Kier molecular flexibility index (Phi) is 3.21. The van der Waals surface area contributed by atoms with Gasteiger partial charge in [0.1, 0.15) is 6.04 Å². The van der Waals surface area contributed by atoms with Gasteiger partial charge in [-0.05, 0) is 12.1 Å². The summed E-state index contributed by atoms with van der Waals surface area (Å²) >= 11 is 1.36. The molecule has 1 aromatic rings. The highest BCUT2D eigenvalue weighted by molar-refractivity contribution is 7.17. The van der Waals surface area contributed by atoms with Crippen molar-refractivity contribution in [2.24, 2.45) is 5.73 Å². The van der Waals surface area contributed by atoms with Gasteiger partial charge in [0.15, 0.2) is 6.29 Å². The monoisotopic (exact) mass is 240 g/mol. The van der Waals surface area contributed by atoms with Crippen molar-refractivity contribution in [3.05, 3.63) is 17.0 Å². The summed E-state index contributed by atoms with van der Waals surface area (Å²) in [5.41, 5.74) is 5.31. The Labute approximate surface area is 96.8 Å². The standard InChI is InChI=1S/C10H12N2O3S/c11-10(14)8-6-15-4-3-12(8)9-2-1-7(5-13)16-9/h1-2,5,8H,3-4,6H2,(H2,11,14). The topological polar surface area (TPSA) is 72.6 Å². The Hall–Kier alpha value is -1.40. The molecule has 1 saturated heterocycles. The lowest BCUT2D eigenvalue weighted by atomic mass is 10.2. The molecule has 1 atom stereocenters. The van der Waals surface area contributed by atoms with Crippen LogP contribution >= 0.6 is 11.3 Å². The zero-order chi connectivity index (χ0) is 11.5. The molecule has 0 spiro atoms. The van der Waals surface area contributed by atoms with E-state index in [-0.39, 0.29) is 0 Å². The summed E-state index contributed by atoms with van der Waals surface area (Å²) in [5.74, 6) is -0.402. The number of thiophene rings is 1. The van der Waals surface area contributed by atoms with Gasteiger partial charge in [-0.15, -0.1) is 11.3 Å². The first-order valence-electron chi connectivity index (χ1n) is 4.91. The minimum absolute atomic E-state index is 0.309. The largest absolute Gasteiger partial charge is 0.377 e. The van der Waals surface area contributed by atoms with Crippen molar-refractivity contribution in [3.63, 3.8) is 0 Å². The van der Waals surface area contributed by atoms with Crippen molar-refractivity contribution in [2.75, 3.05) is 24.7 Å². The van der Waals surface area contributed by atoms with Crippen molar-refractivity contribution in [1.82, 2.24) is 0 Å². The second-order valence-corrected chi connectivity index (χ2v) is 4.57. The van der Waals surface area contributed by atoms with E-state index in [2.05, 4.69) is 0 Å². The lowest BCUT2D eigenvalue weighted by Crippen LogP contribution is -2.52. The molecular weight excluding hydrogens is 228 g/mol. The van der Waals surface area contributed by atoms with E-state index < -0.39 is 11.9 Å². The number of ether oxygens (including phenoxy) is 1. The van der Waals surface area contributed by atoms with E-state index >= 15 is 0 Å². The number of carbonyl (C=O) groups is 2. The maximum absolute atomic E-state index is 11.3. The lowest BCUT2D eigenvalue weighted by Gasteiger charge is -2.34. The van der Waals surface area contributed by atoms with Crippen LogP contribution in [0.5, 0.6) is 0 Å². The first-order chi connectivity index (χ1) is 7.72. The zero-order valence-corrected chi connectivity index (χ0v) is 9.40. The molecule has 16 heavy (non-hydrogen) atoms. The third-order valence-corrected chi connectivity index (χ3v) is 3.52. The molecule has 1 aliphatic rings. The molecule has 0 radical (unpaired) electrons.